The molecule has 0 fully saturated rings. The van der Waals surface area contributed by atoms with Crippen LogP contribution >= 0.6 is 11.6 Å². The van der Waals surface area contributed by atoms with Gasteiger partial charge in [0.15, 0.2) is 0 Å². The van der Waals surface area contributed by atoms with Crippen molar-refractivity contribution in [3.63, 3.8) is 0 Å². The summed E-state index contributed by atoms with van der Waals surface area (Å²) in [5, 5.41) is 3.24. The van der Waals surface area contributed by atoms with Crippen LogP contribution in [0.4, 0.5) is 5.69 Å². The first-order valence-corrected chi connectivity index (χ1v) is 13.5. The molecule has 2 aromatic carbocycles. The van der Waals surface area contributed by atoms with Gasteiger partial charge in [-0.15, -0.1) is 0 Å². The Morgan fingerprint density at radius 3 is 2.23 bits per heavy atom. The fraction of sp³-hybridized carbons (Fsp3) is 0.440. The molecule has 0 radical (unpaired) electrons. The van der Waals surface area contributed by atoms with Crippen LogP contribution in [0.5, 0.6) is 5.75 Å². The number of amides is 2. The maximum Gasteiger partial charge on any atom is 0.244 e. The van der Waals surface area contributed by atoms with Crippen molar-refractivity contribution in [1.82, 2.24) is 10.2 Å². The minimum Gasteiger partial charge on any atom is -0.497 e. The van der Waals surface area contributed by atoms with Crippen LogP contribution in [0.1, 0.15) is 31.9 Å². The Kier molecular flexibility index (Phi) is 9.97. The van der Waals surface area contributed by atoms with E-state index in [1.807, 2.05) is 13.8 Å². The molecule has 192 valence electrons. The molecule has 0 saturated carbocycles. The summed E-state index contributed by atoms with van der Waals surface area (Å²) in [5.74, 6) is 0.0674. The average Bonchev–Trinajstić information content (AvgIpc) is 2.80. The molecule has 0 bridgehead atoms. The van der Waals surface area contributed by atoms with Crippen molar-refractivity contribution in [2.75, 3.05) is 30.8 Å². The highest BCUT2D eigenvalue weighted by Gasteiger charge is 2.30. The molecule has 0 aliphatic rings. The number of sulfonamides is 1. The number of aryl methyl sites for hydroxylation is 1. The Labute approximate surface area is 213 Å². The number of carbonyl (C=O) groups excluding carboxylic acids is 2. The molecule has 0 spiro atoms. The van der Waals surface area contributed by atoms with E-state index in [1.54, 1.807) is 57.4 Å². The molecule has 1 N–H and O–H groups in total. The number of hydrogen-bond donors (Lipinski definition) is 1. The van der Waals surface area contributed by atoms with E-state index >= 15 is 0 Å². The number of methoxy groups -OCH3 is 1. The Bertz CT molecular complexity index is 1140. The van der Waals surface area contributed by atoms with E-state index < -0.39 is 28.5 Å². The Morgan fingerprint density at radius 2 is 1.71 bits per heavy atom. The van der Waals surface area contributed by atoms with Crippen LogP contribution in [0.2, 0.25) is 5.02 Å². The van der Waals surface area contributed by atoms with E-state index in [-0.39, 0.29) is 24.1 Å². The van der Waals surface area contributed by atoms with Gasteiger partial charge in [0.05, 0.1) is 19.1 Å². The second kappa shape index (κ2) is 12.3. The van der Waals surface area contributed by atoms with Crippen molar-refractivity contribution >= 4 is 39.1 Å². The van der Waals surface area contributed by atoms with E-state index in [9.17, 15) is 18.0 Å². The highest BCUT2D eigenvalue weighted by atomic mass is 35.5. The van der Waals surface area contributed by atoms with Crippen molar-refractivity contribution in [3.05, 3.63) is 58.6 Å². The fourth-order valence-electron chi connectivity index (χ4n) is 3.31. The number of carbonyl (C=O) groups is 2. The molecule has 0 heterocycles. The first kappa shape index (κ1) is 28.5. The van der Waals surface area contributed by atoms with E-state index in [4.69, 9.17) is 16.3 Å². The summed E-state index contributed by atoms with van der Waals surface area (Å²) in [6, 6.07) is 11.1. The van der Waals surface area contributed by atoms with Crippen molar-refractivity contribution in [2.45, 2.75) is 40.3 Å². The van der Waals surface area contributed by atoms with Crippen molar-refractivity contribution in [1.29, 1.82) is 0 Å². The van der Waals surface area contributed by atoms with E-state index in [2.05, 4.69) is 5.32 Å². The summed E-state index contributed by atoms with van der Waals surface area (Å²) in [6.07, 6.45) is 1.03. The zero-order chi connectivity index (χ0) is 26.3. The average molecular weight is 524 g/mol. The molecule has 1 unspecified atom stereocenters. The quantitative estimate of drug-likeness (QED) is 0.485. The van der Waals surface area contributed by atoms with Gasteiger partial charge in [-0.2, -0.15) is 0 Å². The molecule has 2 rings (SSSR count). The minimum absolute atomic E-state index is 0.116. The second-order valence-corrected chi connectivity index (χ2v) is 11.2. The zero-order valence-corrected chi connectivity index (χ0v) is 22.6. The van der Waals surface area contributed by atoms with Gasteiger partial charge in [0.1, 0.15) is 18.3 Å². The topological polar surface area (TPSA) is 96.0 Å². The summed E-state index contributed by atoms with van der Waals surface area (Å²) in [5.41, 5.74) is 1.83. The smallest absolute Gasteiger partial charge is 0.244 e. The molecule has 10 heteroatoms. The van der Waals surface area contributed by atoms with Gasteiger partial charge in [-0.25, -0.2) is 8.42 Å². The first-order chi connectivity index (χ1) is 16.3. The maximum atomic E-state index is 13.5. The van der Waals surface area contributed by atoms with Crippen LogP contribution in [-0.4, -0.2) is 57.6 Å². The standard InChI is InChI=1S/C25H34ClN3O5S/c1-17(2)14-27-25(31)19(4)28(15-20-8-11-22(34-5)12-9-20)24(30)16-29(35(6,32)33)21-10-7-18(3)23(26)13-21/h7-13,17,19H,14-16H2,1-6H3,(H,27,31). The SMILES string of the molecule is COc1ccc(CN(C(=O)CN(c2ccc(C)c(Cl)c2)S(C)(=O)=O)C(C)C(=O)NCC(C)C)cc1. The summed E-state index contributed by atoms with van der Waals surface area (Å²) < 4.78 is 31.4. The highest BCUT2D eigenvalue weighted by molar-refractivity contribution is 7.92. The third-order valence-corrected chi connectivity index (χ3v) is 7.03. The molecular weight excluding hydrogens is 490 g/mol. The van der Waals surface area contributed by atoms with Crippen LogP contribution in [-0.2, 0) is 26.2 Å². The molecule has 1 atom stereocenters. The number of anilines is 1. The summed E-state index contributed by atoms with van der Waals surface area (Å²) >= 11 is 6.21. The Hall–Kier alpha value is -2.78. The van der Waals surface area contributed by atoms with Gasteiger partial charge in [0, 0.05) is 18.1 Å². The lowest BCUT2D eigenvalue weighted by molar-refractivity contribution is -0.139. The molecule has 0 aliphatic carbocycles. The molecule has 0 aliphatic heterocycles. The third-order valence-electron chi connectivity index (χ3n) is 5.49. The van der Waals surface area contributed by atoms with Crippen LogP contribution < -0.4 is 14.4 Å². The monoisotopic (exact) mass is 523 g/mol. The number of hydrogen-bond acceptors (Lipinski definition) is 5. The first-order valence-electron chi connectivity index (χ1n) is 11.3. The van der Waals surface area contributed by atoms with E-state index in [0.29, 0.717) is 17.3 Å². The molecule has 0 aromatic heterocycles. The van der Waals surface area contributed by atoms with Gasteiger partial charge < -0.3 is 15.0 Å². The predicted molar refractivity (Wildman–Crippen MR) is 139 cm³/mol. The lowest BCUT2D eigenvalue weighted by Gasteiger charge is -2.31. The van der Waals surface area contributed by atoms with Crippen molar-refractivity contribution < 1.29 is 22.7 Å². The fourth-order valence-corrected chi connectivity index (χ4v) is 4.33. The second-order valence-electron chi connectivity index (χ2n) is 8.89. The lowest BCUT2D eigenvalue weighted by Crippen LogP contribution is -2.51. The predicted octanol–water partition coefficient (Wildman–Crippen LogP) is 3.61. The normalized spacial score (nSPS) is 12.2. The maximum absolute atomic E-state index is 13.5. The van der Waals surface area contributed by atoms with Gasteiger partial charge >= 0.3 is 0 Å². The van der Waals surface area contributed by atoms with Crippen LogP contribution in [0.15, 0.2) is 42.5 Å². The number of rotatable bonds is 11. The summed E-state index contributed by atoms with van der Waals surface area (Å²) in [7, 11) is -2.26. The van der Waals surface area contributed by atoms with Crippen molar-refractivity contribution in [2.24, 2.45) is 5.92 Å². The zero-order valence-electron chi connectivity index (χ0n) is 21.0. The van der Waals surface area contributed by atoms with E-state index in [0.717, 1.165) is 21.7 Å². The van der Waals surface area contributed by atoms with Crippen LogP contribution in [0.3, 0.4) is 0 Å². The molecule has 2 aromatic rings. The molecule has 2 amide bonds. The van der Waals surface area contributed by atoms with Gasteiger partial charge in [-0.1, -0.05) is 43.6 Å². The highest BCUT2D eigenvalue weighted by Crippen LogP contribution is 2.25. The molecule has 35 heavy (non-hydrogen) atoms. The number of nitrogens with one attached hydrogen (secondary N) is 1. The number of benzene rings is 2. The largest absolute Gasteiger partial charge is 0.497 e. The van der Waals surface area contributed by atoms with E-state index in [1.165, 1.54) is 11.0 Å². The number of ether oxygens (including phenoxy) is 1. The van der Waals surface area contributed by atoms with Gasteiger partial charge in [0.25, 0.3) is 0 Å². The Balaban J connectivity index is 2.38. The van der Waals surface area contributed by atoms with Crippen LogP contribution in [0.25, 0.3) is 0 Å². The molecule has 0 saturated heterocycles. The van der Waals surface area contributed by atoms with Crippen molar-refractivity contribution in [3.8, 4) is 5.75 Å². The van der Waals surface area contributed by atoms with Gasteiger partial charge in [-0.3, -0.25) is 13.9 Å². The number of nitrogens with zero attached hydrogens (tertiary/aromatic N) is 2. The minimum atomic E-state index is -3.82. The summed E-state index contributed by atoms with van der Waals surface area (Å²) in [4.78, 5) is 27.7. The Morgan fingerprint density at radius 1 is 1.09 bits per heavy atom. The van der Waals surface area contributed by atoms with Gasteiger partial charge in [-0.05, 0) is 55.2 Å². The summed E-state index contributed by atoms with van der Waals surface area (Å²) in [6.45, 7) is 7.48. The van der Waals surface area contributed by atoms with Crippen LogP contribution in [0, 0.1) is 12.8 Å². The third kappa shape index (κ3) is 8.14. The number of halogens is 1. The lowest BCUT2D eigenvalue weighted by atomic mass is 10.1. The molecular formula is C25H34ClN3O5S. The molecule has 8 nitrogen and oxygen atoms in total. The van der Waals surface area contributed by atoms with Gasteiger partial charge in [0.2, 0.25) is 21.8 Å².